The Labute approximate surface area is 62.8 Å². The molecule has 2 rings (SSSR count). The lowest BCUT2D eigenvalue weighted by molar-refractivity contribution is 1.45. The van der Waals surface area contributed by atoms with Gasteiger partial charge >= 0.3 is 0 Å². The minimum absolute atomic E-state index is 0.335. The summed E-state index contributed by atoms with van der Waals surface area (Å²) in [6.07, 6.45) is 0. The molecule has 0 amide bonds. The standard InChI is InChI=1S/C9H6O2/c1-5-3-2-4-6-7(5)9(11)8(6)10/h2-4H,1H3. The predicted octanol–water partition coefficient (Wildman–Crippen LogP) is 0.744. The molecule has 0 aliphatic rings. The molecular formula is C9H6O2. The molecule has 0 N–H and O–H groups in total. The molecule has 0 fully saturated rings. The van der Waals surface area contributed by atoms with Crippen LogP contribution in [0.15, 0.2) is 27.8 Å². The zero-order valence-electron chi connectivity index (χ0n) is 6.05. The van der Waals surface area contributed by atoms with Crippen molar-refractivity contribution in [3.63, 3.8) is 0 Å². The number of rotatable bonds is 0. The van der Waals surface area contributed by atoms with E-state index in [0.717, 1.165) is 5.56 Å². The molecule has 0 spiro atoms. The minimum atomic E-state index is -0.344. The first kappa shape index (κ1) is 6.28. The maximum Gasteiger partial charge on any atom is 0.234 e. The summed E-state index contributed by atoms with van der Waals surface area (Å²) in [6, 6.07) is 5.31. The van der Waals surface area contributed by atoms with Crippen molar-refractivity contribution in [3.05, 3.63) is 44.2 Å². The number of aryl methyl sites for hydroxylation is 1. The molecule has 0 atom stereocenters. The van der Waals surface area contributed by atoms with Gasteiger partial charge in [0.2, 0.25) is 10.9 Å². The van der Waals surface area contributed by atoms with Gasteiger partial charge in [0.15, 0.2) is 0 Å². The molecule has 54 valence electrons. The van der Waals surface area contributed by atoms with Gasteiger partial charge in [0.25, 0.3) is 0 Å². The first-order valence-electron chi connectivity index (χ1n) is 3.40. The van der Waals surface area contributed by atoms with Gasteiger partial charge < -0.3 is 0 Å². The smallest absolute Gasteiger partial charge is 0.234 e. The van der Waals surface area contributed by atoms with Gasteiger partial charge in [-0.15, -0.1) is 0 Å². The normalized spacial score (nSPS) is 11.0. The molecule has 0 saturated heterocycles. The van der Waals surface area contributed by atoms with Crippen LogP contribution in [0, 0.1) is 6.92 Å². The average Bonchev–Trinajstić information content (AvgIpc) is 2.03. The summed E-state index contributed by atoms with van der Waals surface area (Å²) in [5.41, 5.74) is 0.217. The Morgan fingerprint density at radius 1 is 1.09 bits per heavy atom. The van der Waals surface area contributed by atoms with E-state index in [-0.39, 0.29) is 10.9 Å². The van der Waals surface area contributed by atoms with Crippen LogP contribution in [0.2, 0.25) is 0 Å². The summed E-state index contributed by atoms with van der Waals surface area (Å²) in [5.74, 6) is 0. The number of hydrogen-bond acceptors (Lipinski definition) is 2. The fourth-order valence-corrected chi connectivity index (χ4v) is 1.33. The Bertz CT molecular complexity index is 487. The third kappa shape index (κ3) is 0.611. The molecule has 2 aromatic rings. The largest absolute Gasteiger partial charge is 0.285 e. The van der Waals surface area contributed by atoms with E-state index in [2.05, 4.69) is 0 Å². The molecule has 2 nitrogen and oxygen atoms in total. The van der Waals surface area contributed by atoms with Crippen molar-refractivity contribution in [1.29, 1.82) is 0 Å². The fourth-order valence-electron chi connectivity index (χ4n) is 1.33. The number of fused-ring (bicyclic) bond motifs is 1. The van der Waals surface area contributed by atoms with Crippen molar-refractivity contribution >= 4 is 10.8 Å². The lowest BCUT2D eigenvalue weighted by Crippen LogP contribution is -2.31. The second-order valence-corrected chi connectivity index (χ2v) is 2.66. The molecule has 0 aromatic heterocycles. The summed E-state index contributed by atoms with van der Waals surface area (Å²) >= 11 is 0. The highest BCUT2D eigenvalue weighted by Crippen LogP contribution is 2.11. The van der Waals surface area contributed by atoms with E-state index in [1.165, 1.54) is 0 Å². The van der Waals surface area contributed by atoms with E-state index in [4.69, 9.17) is 0 Å². The van der Waals surface area contributed by atoms with Crippen molar-refractivity contribution in [2.75, 3.05) is 0 Å². The van der Waals surface area contributed by atoms with Crippen LogP contribution in [0.4, 0.5) is 0 Å². The zero-order valence-corrected chi connectivity index (χ0v) is 6.05. The highest BCUT2D eigenvalue weighted by Gasteiger charge is 2.12. The maximum atomic E-state index is 10.9. The van der Waals surface area contributed by atoms with Crippen LogP contribution in [0.1, 0.15) is 5.56 Å². The van der Waals surface area contributed by atoms with Gasteiger partial charge in [-0.25, -0.2) is 0 Å². The van der Waals surface area contributed by atoms with Crippen LogP contribution < -0.4 is 10.9 Å². The van der Waals surface area contributed by atoms with E-state index >= 15 is 0 Å². The molecule has 0 radical (unpaired) electrons. The minimum Gasteiger partial charge on any atom is -0.285 e. The van der Waals surface area contributed by atoms with Crippen LogP contribution in [0.5, 0.6) is 0 Å². The monoisotopic (exact) mass is 146 g/mol. The quantitative estimate of drug-likeness (QED) is 0.514. The number of hydrogen-bond donors (Lipinski definition) is 0. The molecule has 0 saturated carbocycles. The molecule has 0 heterocycles. The Kier molecular flexibility index (Phi) is 1.02. The van der Waals surface area contributed by atoms with Crippen LogP contribution in [-0.4, -0.2) is 0 Å². The summed E-state index contributed by atoms with van der Waals surface area (Å²) in [7, 11) is 0. The van der Waals surface area contributed by atoms with Crippen LogP contribution in [0.25, 0.3) is 10.8 Å². The van der Waals surface area contributed by atoms with E-state index in [1.807, 2.05) is 13.0 Å². The highest BCUT2D eigenvalue weighted by atomic mass is 16.2. The molecule has 11 heavy (non-hydrogen) atoms. The van der Waals surface area contributed by atoms with Crippen molar-refractivity contribution in [2.45, 2.75) is 6.92 Å². The summed E-state index contributed by atoms with van der Waals surface area (Å²) in [6.45, 7) is 1.84. The van der Waals surface area contributed by atoms with E-state index in [1.54, 1.807) is 12.1 Å². The summed E-state index contributed by atoms with van der Waals surface area (Å²) in [5, 5.41) is 1.19. The first-order valence-corrected chi connectivity index (χ1v) is 3.40. The predicted molar refractivity (Wildman–Crippen MR) is 43.6 cm³/mol. The van der Waals surface area contributed by atoms with Crippen molar-refractivity contribution in [2.24, 2.45) is 0 Å². The molecule has 0 unspecified atom stereocenters. The molecule has 2 heteroatoms. The highest BCUT2D eigenvalue weighted by molar-refractivity contribution is 5.90. The molecular weight excluding hydrogens is 140 g/mol. The lowest BCUT2D eigenvalue weighted by Gasteiger charge is -2.00. The van der Waals surface area contributed by atoms with Crippen LogP contribution in [-0.2, 0) is 0 Å². The van der Waals surface area contributed by atoms with Crippen LogP contribution in [0.3, 0.4) is 0 Å². The molecule has 0 bridgehead atoms. The van der Waals surface area contributed by atoms with Crippen molar-refractivity contribution in [3.8, 4) is 0 Å². The Morgan fingerprint density at radius 3 is 2.45 bits per heavy atom. The Hall–Kier alpha value is -1.44. The van der Waals surface area contributed by atoms with Crippen molar-refractivity contribution < 1.29 is 0 Å². The van der Waals surface area contributed by atoms with E-state index in [9.17, 15) is 9.59 Å². The summed E-state index contributed by atoms with van der Waals surface area (Å²) in [4.78, 5) is 21.8. The number of benzene rings is 1. The maximum absolute atomic E-state index is 10.9. The zero-order chi connectivity index (χ0) is 8.01. The first-order chi connectivity index (χ1) is 5.22. The van der Waals surface area contributed by atoms with Gasteiger partial charge in [-0.2, -0.15) is 0 Å². The lowest BCUT2D eigenvalue weighted by atomic mass is 10.0. The van der Waals surface area contributed by atoms with Gasteiger partial charge in [0.05, 0.1) is 0 Å². The van der Waals surface area contributed by atoms with Gasteiger partial charge in [-0.05, 0) is 12.5 Å². The van der Waals surface area contributed by atoms with Gasteiger partial charge in [-0.1, -0.05) is 18.2 Å². The van der Waals surface area contributed by atoms with Gasteiger partial charge in [-0.3, -0.25) is 9.59 Å². The van der Waals surface area contributed by atoms with E-state index in [0.29, 0.717) is 10.8 Å². The van der Waals surface area contributed by atoms with Gasteiger partial charge in [0, 0.05) is 10.8 Å². The fraction of sp³-hybridized carbons (Fsp3) is 0.111. The second-order valence-electron chi connectivity index (χ2n) is 2.66. The third-order valence-corrected chi connectivity index (χ3v) is 1.95. The van der Waals surface area contributed by atoms with Gasteiger partial charge in [0.1, 0.15) is 0 Å². The van der Waals surface area contributed by atoms with E-state index < -0.39 is 0 Å². The SMILES string of the molecule is Cc1cccc2c(=O)c(=O)c12. The summed E-state index contributed by atoms with van der Waals surface area (Å²) < 4.78 is 0. The second kappa shape index (κ2) is 1.78. The third-order valence-electron chi connectivity index (χ3n) is 1.95. The molecule has 2 aromatic carbocycles. The molecule has 0 aliphatic carbocycles. The topological polar surface area (TPSA) is 34.1 Å². The van der Waals surface area contributed by atoms with Crippen LogP contribution >= 0.6 is 0 Å². The Morgan fingerprint density at radius 2 is 1.82 bits per heavy atom. The molecule has 0 aliphatic heterocycles. The Balaban J connectivity index is 3.08. The average molecular weight is 146 g/mol. The van der Waals surface area contributed by atoms with Crippen molar-refractivity contribution in [1.82, 2.24) is 0 Å².